The maximum Gasteiger partial charge on any atom is 0.387 e. The van der Waals surface area contributed by atoms with Crippen LogP contribution in [0.1, 0.15) is 58.0 Å². The number of aromatic nitrogens is 1. The van der Waals surface area contributed by atoms with E-state index < -0.39 is 18.6 Å². The molecule has 2 aromatic carbocycles. The Kier molecular flexibility index (Phi) is 9.65. The highest BCUT2D eigenvalue weighted by molar-refractivity contribution is 5.96. The molecule has 1 unspecified atom stereocenters. The molecule has 0 radical (unpaired) electrons. The fourth-order valence-corrected chi connectivity index (χ4v) is 3.55. The number of oxazole rings is 1. The van der Waals surface area contributed by atoms with Crippen molar-refractivity contribution < 1.29 is 37.0 Å². The van der Waals surface area contributed by atoms with Crippen molar-refractivity contribution in [2.24, 2.45) is 11.7 Å². The van der Waals surface area contributed by atoms with Crippen LogP contribution < -0.4 is 20.5 Å². The molecule has 38 heavy (non-hydrogen) atoms. The SMILES string of the molecule is COC(=O)c1ccc(C(=O)NCc2nc(-c3ccc(OC(F)F)c(OCC4CC4)c3)oc2C(C)N)cc1.Cl. The number of rotatable bonds is 11. The van der Waals surface area contributed by atoms with Crippen LogP contribution in [0.25, 0.3) is 11.5 Å². The highest BCUT2D eigenvalue weighted by Crippen LogP contribution is 2.37. The molecule has 12 heteroatoms. The summed E-state index contributed by atoms with van der Waals surface area (Å²) in [5.74, 6) is 0.156. The lowest BCUT2D eigenvalue weighted by molar-refractivity contribution is -0.0515. The van der Waals surface area contributed by atoms with Crippen LogP contribution >= 0.6 is 12.4 Å². The molecule has 4 rings (SSSR count). The summed E-state index contributed by atoms with van der Waals surface area (Å²) in [6, 6.07) is 9.91. The molecule has 1 aromatic heterocycles. The fraction of sp³-hybridized carbons (Fsp3) is 0.346. The van der Waals surface area contributed by atoms with Gasteiger partial charge in [-0.15, -0.1) is 12.4 Å². The van der Waals surface area contributed by atoms with Gasteiger partial charge in [-0.3, -0.25) is 4.79 Å². The maximum atomic E-state index is 12.8. The van der Waals surface area contributed by atoms with Gasteiger partial charge in [0.15, 0.2) is 11.5 Å². The third-order valence-electron chi connectivity index (χ3n) is 5.70. The van der Waals surface area contributed by atoms with Crippen LogP contribution in [-0.2, 0) is 11.3 Å². The fourth-order valence-electron chi connectivity index (χ4n) is 3.55. The number of ether oxygens (including phenoxy) is 3. The topological polar surface area (TPSA) is 126 Å². The van der Waals surface area contributed by atoms with Crippen LogP contribution in [0, 0.1) is 5.92 Å². The van der Waals surface area contributed by atoms with Crippen molar-refractivity contribution in [2.45, 2.75) is 39.0 Å². The van der Waals surface area contributed by atoms with E-state index >= 15 is 0 Å². The second-order valence-electron chi connectivity index (χ2n) is 8.66. The van der Waals surface area contributed by atoms with Gasteiger partial charge >= 0.3 is 12.6 Å². The van der Waals surface area contributed by atoms with Crippen molar-refractivity contribution in [1.29, 1.82) is 0 Å². The molecule has 1 amide bonds. The summed E-state index contributed by atoms with van der Waals surface area (Å²) in [5, 5.41) is 2.76. The quantitative estimate of drug-likeness (QED) is 0.323. The minimum Gasteiger partial charge on any atom is -0.489 e. The summed E-state index contributed by atoms with van der Waals surface area (Å²) in [4.78, 5) is 28.7. The van der Waals surface area contributed by atoms with E-state index in [0.717, 1.165) is 12.8 Å². The second kappa shape index (κ2) is 12.7. The highest BCUT2D eigenvalue weighted by Gasteiger charge is 2.24. The Hall–Kier alpha value is -3.70. The van der Waals surface area contributed by atoms with Gasteiger partial charge in [-0.1, -0.05) is 0 Å². The van der Waals surface area contributed by atoms with E-state index in [0.29, 0.717) is 40.7 Å². The van der Waals surface area contributed by atoms with Crippen molar-refractivity contribution in [3.8, 4) is 23.0 Å². The van der Waals surface area contributed by atoms with Gasteiger partial charge in [0.05, 0.1) is 31.9 Å². The Balaban J connectivity index is 0.00000400. The van der Waals surface area contributed by atoms with Gasteiger partial charge in [-0.2, -0.15) is 8.78 Å². The Morgan fingerprint density at radius 1 is 1.13 bits per heavy atom. The minimum atomic E-state index is -2.99. The van der Waals surface area contributed by atoms with Crippen LogP contribution in [0.3, 0.4) is 0 Å². The number of benzene rings is 2. The average molecular weight is 552 g/mol. The Labute approximate surface area is 224 Å². The molecule has 1 aliphatic carbocycles. The van der Waals surface area contributed by atoms with Crippen molar-refractivity contribution in [3.05, 3.63) is 65.0 Å². The average Bonchev–Trinajstić information content (AvgIpc) is 3.62. The number of esters is 1. The van der Waals surface area contributed by atoms with Crippen LogP contribution in [0.4, 0.5) is 8.78 Å². The molecule has 0 spiro atoms. The lowest BCUT2D eigenvalue weighted by atomic mass is 10.1. The zero-order chi connectivity index (χ0) is 26.5. The zero-order valence-electron chi connectivity index (χ0n) is 20.7. The van der Waals surface area contributed by atoms with Gasteiger partial charge < -0.3 is 29.7 Å². The van der Waals surface area contributed by atoms with Gasteiger partial charge in [0.2, 0.25) is 5.89 Å². The lowest BCUT2D eigenvalue weighted by Gasteiger charge is -2.12. The van der Waals surface area contributed by atoms with E-state index in [1.807, 2.05) is 0 Å². The number of methoxy groups -OCH3 is 1. The Morgan fingerprint density at radius 2 is 1.82 bits per heavy atom. The number of nitrogens with two attached hydrogens (primary N) is 1. The molecule has 1 fully saturated rings. The summed E-state index contributed by atoms with van der Waals surface area (Å²) in [6.45, 7) is -0.856. The minimum absolute atomic E-state index is 0. The van der Waals surface area contributed by atoms with Gasteiger partial charge in [-0.25, -0.2) is 9.78 Å². The number of hydrogen-bond donors (Lipinski definition) is 2. The zero-order valence-corrected chi connectivity index (χ0v) is 21.6. The second-order valence-corrected chi connectivity index (χ2v) is 8.66. The molecule has 1 aliphatic rings. The van der Waals surface area contributed by atoms with Crippen LogP contribution in [0.2, 0.25) is 0 Å². The predicted octanol–water partition coefficient (Wildman–Crippen LogP) is 4.89. The summed E-state index contributed by atoms with van der Waals surface area (Å²) in [5.41, 5.74) is 7.61. The van der Waals surface area contributed by atoms with Crippen LogP contribution in [0.15, 0.2) is 46.9 Å². The third kappa shape index (κ3) is 7.20. The number of hydrogen-bond acceptors (Lipinski definition) is 8. The smallest absolute Gasteiger partial charge is 0.387 e. The van der Waals surface area contributed by atoms with Crippen molar-refractivity contribution >= 4 is 24.3 Å². The Bertz CT molecular complexity index is 1260. The standard InChI is InChI=1S/C26H27F2N3O6.ClH/c1-14(29)22-19(12-30-23(32)16-5-7-17(8-6-16)25(33)34-2)31-24(37-22)18-9-10-20(36-26(27)28)21(11-18)35-13-15-3-4-15;/h5-11,14-15,26H,3-4,12-13,29H2,1-2H3,(H,30,32);1H. The van der Waals surface area contributed by atoms with Gasteiger partial charge in [0.1, 0.15) is 11.5 Å². The first-order valence-corrected chi connectivity index (χ1v) is 11.7. The number of alkyl halides is 2. The van der Waals surface area contributed by atoms with E-state index in [4.69, 9.17) is 14.9 Å². The first kappa shape index (κ1) is 28.9. The van der Waals surface area contributed by atoms with Crippen molar-refractivity contribution in [2.75, 3.05) is 13.7 Å². The summed E-state index contributed by atoms with van der Waals surface area (Å²) >= 11 is 0. The third-order valence-corrected chi connectivity index (χ3v) is 5.70. The van der Waals surface area contributed by atoms with E-state index in [1.165, 1.54) is 49.6 Å². The number of halogens is 3. The van der Waals surface area contributed by atoms with Crippen molar-refractivity contribution in [1.82, 2.24) is 10.3 Å². The molecule has 0 bridgehead atoms. The number of nitrogens with zero attached hydrogens (tertiary/aromatic N) is 1. The predicted molar refractivity (Wildman–Crippen MR) is 136 cm³/mol. The van der Waals surface area contributed by atoms with Crippen LogP contribution in [-0.4, -0.2) is 37.2 Å². The number of carbonyl (C=O) groups is 2. The molecule has 204 valence electrons. The van der Waals surface area contributed by atoms with E-state index in [1.54, 1.807) is 6.92 Å². The molecule has 3 aromatic rings. The Morgan fingerprint density at radius 3 is 2.42 bits per heavy atom. The van der Waals surface area contributed by atoms with E-state index in [2.05, 4.69) is 19.8 Å². The van der Waals surface area contributed by atoms with Gasteiger partial charge in [0.25, 0.3) is 5.91 Å². The number of nitrogens with one attached hydrogen (secondary N) is 1. The van der Waals surface area contributed by atoms with Crippen LogP contribution in [0.5, 0.6) is 11.5 Å². The molecule has 1 atom stereocenters. The molecule has 1 saturated carbocycles. The summed E-state index contributed by atoms with van der Waals surface area (Å²) in [6.07, 6.45) is 2.07. The van der Waals surface area contributed by atoms with Crippen molar-refractivity contribution in [3.63, 3.8) is 0 Å². The molecule has 1 heterocycles. The summed E-state index contributed by atoms with van der Waals surface area (Å²) < 4.78 is 46.6. The van der Waals surface area contributed by atoms with E-state index in [9.17, 15) is 18.4 Å². The highest BCUT2D eigenvalue weighted by atomic mass is 35.5. The molecule has 9 nitrogen and oxygen atoms in total. The lowest BCUT2D eigenvalue weighted by Crippen LogP contribution is -2.24. The first-order chi connectivity index (χ1) is 17.7. The maximum absolute atomic E-state index is 12.8. The molecular weight excluding hydrogens is 524 g/mol. The number of amides is 1. The largest absolute Gasteiger partial charge is 0.489 e. The molecule has 0 aliphatic heterocycles. The van der Waals surface area contributed by atoms with Gasteiger partial charge in [0, 0.05) is 11.1 Å². The molecular formula is C26H28ClF2N3O6. The summed E-state index contributed by atoms with van der Waals surface area (Å²) in [7, 11) is 1.28. The van der Waals surface area contributed by atoms with Gasteiger partial charge in [-0.05, 0) is 68.1 Å². The van der Waals surface area contributed by atoms with E-state index in [-0.39, 0.29) is 42.2 Å². The molecule has 3 N–H and O–H groups in total. The normalized spacial score (nSPS) is 13.4. The first-order valence-electron chi connectivity index (χ1n) is 11.7. The number of carbonyl (C=O) groups excluding carboxylic acids is 2. The molecule has 0 saturated heterocycles. The monoisotopic (exact) mass is 551 g/mol.